The largest absolute Gasteiger partial charge is 0.381 e. The fourth-order valence-electron chi connectivity index (χ4n) is 4.67. The molecule has 1 saturated carbocycles. The maximum absolute atomic E-state index is 13.2. The van der Waals surface area contributed by atoms with Gasteiger partial charge in [0.25, 0.3) is 0 Å². The van der Waals surface area contributed by atoms with Gasteiger partial charge < -0.3 is 14.2 Å². The fourth-order valence-corrected chi connectivity index (χ4v) is 4.67. The topological polar surface area (TPSA) is 65.1 Å². The van der Waals surface area contributed by atoms with Crippen molar-refractivity contribution in [1.82, 2.24) is 0 Å². The predicted molar refractivity (Wildman–Crippen MR) is 85.1 cm³/mol. The minimum atomic E-state index is -0.870. The van der Waals surface area contributed by atoms with E-state index in [0.29, 0.717) is 25.3 Å². The molecule has 3 saturated heterocycles. The van der Waals surface area contributed by atoms with Crippen LogP contribution in [-0.2, 0) is 23.8 Å². The normalized spacial score (nSPS) is 34.3. The number of hydrogen-bond acceptors (Lipinski definition) is 5. The van der Waals surface area contributed by atoms with Gasteiger partial charge in [-0.25, -0.2) is 0 Å². The number of carbonyl (C=O) groups excluding carboxylic acids is 2. The van der Waals surface area contributed by atoms with Crippen LogP contribution in [0.1, 0.15) is 6.42 Å². The highest BCUT2D eigenvalue weighted by molar-refractivity contribution is 6.22. The molecule has 1 aliphatic carbocycles. The number of nitrogens with zero attached hydrogens (tertiary/aromatic N) is 1. The van der Waals surface area contributed by atoms with Crippen molar-refractivity contribution in [2.24, 2.45) is 23.7 Å². The van der Waals surface area contributed by atoms with Gasteiger partial charge in [-0.2, -0.15) is 0 Å². The zero-order chi connectivity index (χ0) is 16.9. The van der Waals surface area contributed by atoms with Gasteiger partial charge in [-0.1, -0.05) is 18.2 Å². The molecule has 6 heteroatoms. The number of methoxy groups -OCH3 is 2. The summed E-state index contributed by atoms with van der Waals surface area (Å²) in [5.74, 6) is -2.36. The summed E-state index contributed by atoms with van der Waals surface area (Å²) in [4.78, 5) is 27.5. The summed E-state index contributed by atoms with van der Waals surface area (Å²) >= 11 is 0. The van der Waals surface area contributed by atoms with E-state index in [1.54, 1.807) is 26.4 Å². The summed E-state index contributed by atoms with van der Waals surface area (Å²) in [7, 11) is 3.19. The van der Waals surface area contributed by atoms with Gasteiger partial charge in [-0.05, 0) is 18.1 Å². The smallest absolute Gasteiger partial charge is 0.238 e. The zero-order valence-corrected chi connectivity index (χ0v) is 13.8. The van der Waals surface area contributed by atoms with Crippen molar-refractivity contribution < 1.29 is 23.8 Å². The quantitative estimate of drug-likeness (QED) is 0.619. The summed E-state index contributed by atoms with van der Waals surface area (Å²) < 4.78 is 17.1. The van der Waals surface area contributed by atoms with Crippen molar-refractivity contribution in [2.75, 3.05) is 32.3 Å². The summed E-state index contributed by atoms with van der Waals surface area (Å²) in [6, 6.07) is 9.11. The second kappa shape index (κ2) is 5.65. The lowest BCUT2D eigenvalue weighted by molar-refractivity contribution is -0.271. The van der Waals surface area contributed by atoms with Crippen molar-refractivity contribution in [1.29, 1.82) is 0 Å². The summed E-state index contributed by atoms with van der Waals surface area (Å²) in [6.45, 7) is 0.814. The molecule has 1 aromatic carbocycles. The van der Waals surface area contributed by atoms with Crippen LogP contribution in [0.4, 0.5) is 5.69 Å². The number of anilines is 1. The van der Waals surface area contributed by atoms with E-state index in [1.807, 2.05) is 18.2 Å². The van der Waals surface area contributed by atoms with Gasteiger partial charge in [-0.3, -0.25) is 14.5 Å². The molecule has 3 heterocycles. The van der Waals surface area contributed by atoms with Gasteiger partial charge in [0.2, 0.25) is 11.8 Å². The number of amides is 2. The van der Waals surface area contributed by atoms with Gasteiger partial charge >= 0.3 is 0 Å². The van der Waals surface area contributed by atoms with Crippen molar-refractivity contribution >= 4 is 17.5 Å². The highest BCUT2D eigenvalue weighted by atomic mass is 16.7. The molecule has 0 spiro atoms. The molecular formula is C18H21NO5. The molecule has 4 atom stereocenters. The maximum atomic E-state index is 13.2. The predicted octanol–water partition coefficient (Wildman–Crippen LogP) is 1.45. The Morgan fingerprint density at radius 2 is 1.71 bits per heavy atom. The third-order valence-electron chi connectivity index (χ3n) is 5.79. The van der Waals surface area contributed by atoms with Crippen LogP contribution in [0.5, 0.6) is 0 Å². The van der Waals surface area contributed by atoms with Crippen LogP contribution in [0.2, 0.25) is 0 Å². The Bertz CT molecular complexity index is 657. The number of rotatable bonds is 3. The number of imide groups is 1. The molecule has 2 bridgehead atoms. The molecular weight excluding hydrogens is 310 g/mol. The Kier molecular flexibility index (Phi) is 3.71. The lowest BCUT2D eigenvalue weighted by Gasteiger charge is -2.45. The molecule has 2 amide bonds. The van der Waals surface area contributed by atoms with Gasteiger partial charge in [0.1, 0.15) is 0 Å². The first-order valence-corrected chi connectivity index (χ1v) is 8.24. The Morgan fingerprint density at radius 3 is 2.38 bits per heavy atom. The molecule has 6 nitrogen and oxygen atoms in total. The second-order valence-corrected chi connectivity index (χ2v) is 6.73. The summed E-state index contributed by atoms with van der Waals surface area (Å²) in [5, 5.41) is 0. The molecule has 3 aliphatic heterocycles. The van der Waals surface area contributed by atoms with Crippen LogP contribution in [-0.4, -0.2) is 45.0 Å². The lowest BCUT2D eigenvalue weighted by Crippen LogP contribution is -2.55. The third-order valence-corrected chi connectivity index (χ3v) is 5.79. The lowest BCUT2D eigenvalue weighted by atomic mass is 9.65. The van der Waals surface area contributed by atoms with E-state index in [0.717, 1.165) is 0 Å². The Hall–Kier alpha value is -1.76. The minimum Gasteiger partial charge on any atom is -0.381 e. The number of para-hydroxylation sites is 1. The van der Waals surface area contributed by atoms with E-state index in [1.165, 1.54) is 4.90 Å². The number of hydrogen-bond donors (Lipinski definition) is 0. The van der Waals surface area contributed by atoms with Crippen molar-refractivity contribution in [3.8, 4) is 0 Å². The van der Waals surface area contributed by atoms with E-state index >= 15 is 0 Å². The van der Waals surface area contributed by atoms with E-state index in [-0.39, 0.29) is 29.6 Å². The average molecular weight is 331 g/mol. The molecule has 5 rings (SSSR count). The number of carbonyl (C=O) groups is 2. The Morgan fingerprint density at radius 1 is 1.04 bits per heavy atom. The zero-order valence-electron chi connectivity index (χ0n) is 13.8. The van der Waals surface area contributed by atoms with E-state index in [2.05, 4.69) is 0 Å². The SMILES string of the molecule is COC1(OC)C[C@H]2COC[C@@H]1[C@@H]1C(=O)N(c3ccccc3)C(=O)[C@H]21. The molecule has 0 radical (unpaired) electrons. The number of ether oxygens (including phenoxy) is 3. The Balaban J connectivity index is 1.78. The highest BCUT2D eigenvalue weighted by Gasteiger charge is 2.65. The number of fused-ring (bicyclic) bond motifs is 3. The van der Waals surface area contributed by atoms with Gasteiger partial charge in [0, 0.05) is 26.6 Å². The molecule has 0 N–H and O–H groups in total. The molecule has 24 heavy (non-hydrogen) atoms. The van der Waals surface area contributed by atoms with Crippen molar-refractivity contribution in [3.05, 3.63) is 30.3 Å². The average Bonchev–Trinajstić information content (AvgIpc) is 2.79. The van der Waals surface area contributed by atoms with Crippen molar-refractivity contribution in [3.63, 3.8) is 0 Å². The standard InChI is InChI=1S/C18H21NO5/c1-22-18(23-2)8-11-9-24-10-13(18)15-14(11)16(20)19(17(15)21)12-6-4-3-5-7-12/h3-7,11,13-15H,8-10H2,1-2H3/t11-,13+,14+,15-/m0/s1. The van der Waals surface area contributed by atoms with Crippen LogP contribution >= 0.6 is 0 Å². The van der Waals surface area contributed by atoms with E-state index < -0.39 is 11.7 Å². The van der Waals surface area contributed by atoms with E-state index in [4.69, 9.17) is 14.2 Å². The molecule has 0 unspecified atom stereocenters. The van der Waals surface area contributed by atoms with Crippen LogP contribution in [0.25, 0.3) is 0 Å². The van der Waals surface area contributed by atoms with Crippen LogP contribution in [0.3, 0.4) is 0 Å². The first-order valence-electron chi connectivity index (χ1n) is 8.24. The molecule has 4 fully saturated rings. The van der Waals surface area contributed by atoms with Gasteiger partial charge in [-0.15, -0.1) is 0 Å². The number of benzene rings is 1. The monoisotopic (exact) mass is 331 g/mol. The van der Waals surface area contributed by atoms with Gasteiger partial charge in [0.05, 0.1) is 30.7 Å². The first-order chi connectivity index (χ1) is 11.6. The van der Waals surface area contributed by atoms with Crippen LogP contribution < -0.4 is 4.90 Å². The fraction of sp³-hybridized carbons (Fsp3) is 0.556. The van der Waals surface area contributed by atoms with Crippen LogP contribution in [0, 0.1) is 23.7 Å². The third kappa shape index (κ3) is 2.00. The molecule has 128 valence electrons. The molecule has 1 aromatic rings. The summed E-state index contributed by atoms with van der Waals surface area (Å²) in [6.07, 6.45) is 0.563. The molecule has 4 aliphatic rings. The summed E-state index contributed by atoms with van der Waals surface area (Å²) in [5.41, 5.74) is 0.626. The first kappa shape index (κ1) is 15.7. The van der Waals surface area contributed by atoms with Gasteiger partial charge in [0.15, 0.2) is 5.79 Å². The van der Waals surface area contributed by atoms with Crippen LogP contribution in [0.15, 0.2) is 30.3 Å². The van der Waals surface area contributed by atoms with E-state index in [9.17, 15) is 9.59 Å². The highest BCUT2D eigenvalue weighted by Crippen LogP contribution is 2.53. The Labute approximate surface area is 140 Å². The van der Waals surface area contributed by atoms with Crippen molar-refractivity contribution in [2.45, 2.75) is 12.2 Å². The molecule has 0 aromatic heterocycles. The second-order valence-electron chi connectivity index (χ2n) is 6.73. The minimum absolute atomic E-state index is 0.0844. The maximum Gasteiger partial charge on any atom is 0.238 e.